The van der Waals surface area contributed by atoms with Crippen LogP contribution < -0.4 is 9.54 Å². The van der Waals surface area contributed by atoms with Gasteiger partial charge in [0.2, 0.25) is 0 Å². The van der Waals surface area contributed by atoms with Crippen LogP contribution in [0.15, 0.2) is 54.0 Å². The van der Waals surface area contributed by atoms with Crippen LogP contribution in [-0.4, -0.2) is 26.9 Å². The second-order valence-electron chi connectivity index (χ2n) is 6.02. The number of nitro benzene ring substituents is 2. The Labute approximate surface area is 173 Å². The summed E-state index contributed by atoms with van der Waals surface area (Å²) in [6, 6.07) is 8.19. The Hall–Kier alpha value is -3.86. The molecule has 0 aliphatic heterocycles. The van der Waals surface area contributed by atoms with Crippen molar-refractivity contribution in [3.05, 3.63) is 79.6 Å². The standard InChI is InChI=1S/C19H16N4O6S/c1-3-7-21-16-6-5-15(29-4-2)11-17(16)30-19(21)20-18(24)12-8-13(22(25)26)10-14(9-12)23(27)28/h3,5-6,8-11H,1,4,7H2,2H3. The first kappa shape index (κ1) is 20.9. The Bertz CT molecular complexity index is 1210. The van der Waals surface area contributed by atoms with Gasteiger partial charge in [-0.3, -0.25) is 25.0 Å². The van der Waals surface area contributed by atoms with E-state index in [1.54, 1.807) is 16.7 Å². The molecular weight excluding hydrogens is 412 g/mol. The molecule has 30 heavy (non-hydrogen) atoms. The average Bonchev–Trinajstić information content (AvgIpc) is 3.04. The fraction of sp³-hybridized carbons (Fsp3) is 0.158. The molecule has 0 unspecified atom stereocenters. The smallest absolute Gasteiger partial charge is 0.280 e. The molecule has 10 nitrogen and oxygen atoms in total. The maximum atomic E-state index is 12.7. The number of rotatable bonds is 7. The molecule has 0 N–H and O–H groups in total. The zero-order valence-corrected chi connectivity index (χ0v) is 16.6. The average molecular weight is 428 g/mol. The summed E-state index contributed by atoms with van der Waals surface area (Å²) in [5.74, 6) is -0.152. The molecule has 3 rings (SSSR count). The largest absolute Gasteiger partial charge is 0.494 e. The highest BCUT2D eigenvalue weighted by atomic mass is 32.1. The lowest BCUT2D eigenvalue weighted by Gasteiger charge is -2.04. The van der Waals surface area contributed by atoms with Crippen molar-refractivity contribution in [1.82, 2.24) is 4.57 Å². The molecule has 0 aliphatic carbocycles. The van der Waals surface area contributed by atoms with Gasteiger partial charge in [-0.05, 0) is 25.1 Å². The van der Waals surface area contributed by atoms with E-state index in [1.807, 2.05) is 19.1 Å². The van der Waals surface area contributed by atoms with E-state index < -0.39 is 27.1 Å². The molecule has 11 heteroatoms. The van der Waals surface area contributed by atoms with Gasteiger partial charge in [0, 0.05) is 18.7 Å². The van der Waals surface area contributed by atoms with Gasteiger partial charge in [0.1, 0.15) is 5.75 Å². The topological polar surface area (TPSA) is 130 Å². The molecule has 1 amide bonds. The highest BCUT2D eigenvalue weighted by Gasteiger charge is 2.20. The molecule has 1 heterocycles. The normalized spacial score (nSPS) is 11.4. The van der Waals surface area contributed by atoms with Crippen molar-refractivity contribution in [3.8, 4) is 5.75 Å². The number of non-ortho nitro benzene ring substituents is 2. The number of fused-ring (bicyclic) bond motifs is 1. The number of amides is 1. The van der Waals surface area contributed by atoms with E-state index in [-0.39, 0.29) is 5.56 Å². The number of thiazole rings is 1. The van der Waals surface area contributed by atoms with E-state index in [0.717, 1.165) is 28.4 Å². The minimum atomic E-state index is -0.823. The fourth-order valence-electron chi connectivity index (χ4n) is 2.78. The number of hydrogen-bond acceptors (Lipinski definition) is 7. The summed E-state index contributed by atoms with van der Waals surface area (Å²) in [5, 5.41) is 22.1. The number of carbonyl (C=O) groups is 1. The number of nitrogens with zero attached hydrogens (tertiary/aromatic N) is 4. The predicted octanol–water partition coefficient (Wildman–Crippen LogP) is 3.85. The van der Waals surface area contributed by atoms with Gasteiger partial charge >= 0.3 is 0 Å². The molecular formula is C19H16N4O6S. The zero-order valence-electron chi connectivity index (χ0n) is 15.8. The Balaban J connectivity index is 2.15. The van der Waals surface area contributed by atoms with Crippen molar-refractivity contribution >= 4 is 38.8 Å². The van der Waals surface area contributed by atoms with Crippen LogP contribution in [0.5, 0.6) is 5.75 Å². The van der Waals surface area contributed by atoms with Crippen LogP contribution in [0, 0.1) is 20.2 Å². The Morgan fingerprint density at radius 3 is 2.43 bits per heavy atom. The second kappa shape index (κ2) is 8.66. The minimum absolute atomic E-state index is 0.242. The third-order valence-electron chi connectivity index (χ3n) is 4.05. The number of aromatic nitrogens is 1. The lowest BCUT2D eigenvalue weighted by Crippen LogP contribution is -2.16. The van der Waals surface area contributed by atoms with Crippen LogP contribution in [0.4, 0.5) is 11.4 Å². The summed E-state index contributed by atoms with van der Waals surface area (Å²) in [6.07, 6.45) is 1.64. The number of benzene rings is 2. The maximum absolute atomic E-state index is 12.7. The van der Waals surface area contributed by atoms with Crippen molar-refractivity contribution in [2.75, 3.05) is 6.61 Å². The third kappa shape index (κ3) is 4.25. The first-order chi connectivity index (χ1) is 14.3. The zero-order chi connectivity index (χ0) is 21.8. The molecule has 3 aromatic rings. The second-order valence-corrected chi connectivity index (χ2v) is 7.02. The van der Waals surface area contributed by atoms with Crippen LogP contribution >= 0.6 is 11.3 Å². The molecule has 0 radical (unpaired) electrons. The van der Waals surface area contributed by atoms with Gasteiger partial charge in [0.25, 0.3) is 17.3 Å². The SMILES string of the molecule is C=CCn1c(=NC(=O)c2cc([N+](=O)[O-])cc([N+](=O)[O-])c2)sc2cc(OCC)ccc21. The predicted molar refractivity (Wildman–Crippen MR) is 111 cm³/mol. The first-order valence-electron chi connectivity index (χ1n) is 8.74. The molecule has 1 aromatic heterocycles. The minimum Gasteiger partial charge on any atom is -0.494 e. The first-order valence-corrected chi connectivity index (χ1v) is 9.55. The van der Waals surface area contributed by atoms with Crippen molar-refractivity contribution in [3.63, 3.8) is 0 Å². The molecule has 0 saturated carbocycles. The Kier molecular flexibility index (Phi) is 6.02. The van der Waals surface area contributed by atoms with E-state index in [0.29, 0.717) is 23.7 Å². The Morgan fingerprint density at radius 1 is 1.20 bits per heavy atom. The maximum Gasteiger partial charge on any atom is 0.280 e. The molecule has 0 spiro atoms. The van der Waals surface area contributed by atoms with Crippen LogP contribution in [0.3, 0.4) is 0 Å². The summed E-state index contributed by atoms with van der Waals surface area (Å²) >= 11 is 1.23. The van der Waals surface area contributed by atoms with Gasteiger partial charge in [-0.25, -0.2) is 0 Å². The molecule has 0 bridgehead atoms. The van der Waals surface area contributed by atoms with Gasteiger partial charge in [-0.1, -0.05) is 17.4 Å². The molecule has 0 atom stereocenters. The fourth-order valence-corrected chi connectivity index (χ4v) is 3.85. The molecule has 0 fully saturated rings. The number of hydrogen-bond donors (Lipinski definition) is 0. The summed E-state index contributed by atoms with van der Waals surface area (Å²) in [6.45, 7) is 6.46. The van der Waals surface area contributed by atoms with Gasteiger partial charge in [0.05, 0.1) is 38.3 Å². The number of nitro groups is 2. The summed E-state index contributed by atoms with van der Waals surface area (Å²) in [4.78, 5) is 37.6. The van der Waals surface area contributed by atoms with Gasteiger partial charge in [0.15, 0.2) is 4.80 Å². The van der Waals surface area contributed by atoms with Crippen LogP contribution in [-0.2, 0) is 6.54 Å². The van der Waals surface area contributed by atoms with Crippen molar-refractivity contribution < 1.29 is 19.4 Å². The van der Waals surface area contributed by atoms with E-state index in [2.05, 4.69) is 11.6 Å². The summed E-state index contributed by atoms with van der Waals surface area (Å²) < 4.78 is 8.07. The van der Waals surface area contributed by atoms with Gasteiger partial charge in [-0.15, -0.1) is 6.58 Å². The number of carbonyl (C=O) groups excluding carboxylic acids is 1. The summed E-state index contributed by atoms with van der Waals surface area (Å²) in [7, 11) is 0. The highest BCUT2D eigenvalue weighted by molar-refractivity contribution is 7.16. The van der Waals surface area contributed by atoms with Crippen LogP contribution in [0.1, 0.15) is 17.3 Å². The van der Waals surface area contributed by atoms with E-state index >= 15 is 0 Å². The molecule has 0 saturated heterocycles. The van der Waals surface area contributed by atoms with Crippen molar-refractivity contribution in [1.29, 1.82) is 0 Å². The quantitative estimate of drug-likeness (QED) is 0.319. The van der Waals surface area contributed by atoms with Crippen LogP contribution in [0.25, 0.3) is 10.2 Å². The van der Waals surface area contributed by atoms with Gasteiger partial charge < -0.3 is 9.30 Å². The highest BCUT2D eigenvalue weighted by Crippen LogP contribution is 2.25. The monoisotopic (exact) mass is 428 g/mol. The lowest BCUT2D eigenvalue weighted by molar-refractivity contribution is -0.394. The van der Waals surface area contributed by atoms with E-state index in [1.165, 1.54) is 11.3 Å². The van der Waals surface area contributed by atoms with E-state index in [4.69, 9.17) is 4.74 Å². The molecule has 2 aromatic carbocycles. The van der Waals surface area contributed by atoms with Crippen LogP contribution in [0.2, 0.25) is 0 Å². The third-order valence-corrected chi connectivity index (χ3v) is 5.09. The van der Waals surface area contributed by atoms with Gasteiger partial charge in [-0.2, -0.15) is 4.99 Å². The molecule has 154 valence electrons. The van der Waals surface area contributed by atoms with Crippen molar-refractivity contribution in [2.45, 2.75) is 13.5 Å². The van der Waals surface area contributed by atoms with Crippen molar-refractivity contribution in [2.24, 2.45) is 4.99 Å². The number of ether oxygens (including phenoxy) is 1. The van der Waals surface area contributed by atoms with E-state index in [9.17, 15) is 25.0 Å². The lowest BCUT2D eigenvalue weighted by atomic mass is 10.1. The molecule has 0 aliphatic rings. The number of allylic oxidation sites excluding steroid dienone is 1. The Morgan fingerprint density at radius 2 is 1.87 bits per heavy atom. The summed E-state index contributed by atoms with van der Waals surface area (Å²) in [5.41, 5.74) is -0.549.